The number of likely N-dealkylation sites (N-methyl/N-ethyl adjacent to an activating group) is 1. The summed E-state index contributed by atoms with van der Waals surface area (Å²) in [4.78, 5) is 26.4. The van der Waals surface area contributed by atoms with E-state index in [0.29, 0.717) is 42.2 Å². The fourth-order valence-electron chi connectivity index (χ4n) is 2.63. The second-order valence-electron chi connectivity index (χ2n) is 5.48. The van der Waals surface area contributed by atoms with Gasteiger partial charge < -0.3 is 20.5 Å². The molecule has 0 fully saturated rings. The summed E-state index contributed by atoms with van der Waals surface area (Å²) in [5, 5.41) is 9.07. The maximum atomic E-state index is 12.4. The summed E-state index contributed by atoms with van der Waals surface area (Å²) >= 11 is 0. The van der Waals surface area contributed by atoms with Crippen LogP contribution in [0.4, 0.5) is 5.69 Å². The molecule has 0 atom stereocenters. The fourth-order valence-corrected chi connectivity index (χ4v) is 2.63. The maximum absolute atomic E-state index is 12.4. The molecule has 128 valence electrons. The Labute approximate surface area is 141 Å². The zero-order chi connectivity index (χ0) is 17.7. The molecule has 1 aliphatic carbocycles. The van der Waals surface area contributed by atoms with Gasteiger partial charge in [0.05, 0.1) is 25.1 Å². The molecule has 1 aliphatic rings. The van der Waals surface area contributed by atoms with E-state index in [2.05, 4.69) is 0 Å². The van der Waals surface area contributed by atoms with Crippen molar-refractivity contribution in [1.29, 1.82) is 0 Å². The highest BCUT2D eigenvalue weighted by Gasteiger charge is 2.23. The minimum atomic E-state index is -0.220. The largest absolute Gasteiger partial charge is 0.495 e. The van der Waals surface area contributed by atoms with Crippen LogP contribution in [-0.2, 0) is 16.0 Å². The molecule has 0 heterocycles. The molecule has 0 amide bonds. The van der Waals surface area contributed by atoms with E-state index in [-0.39, 0.29) is 18.2 Å². The van der Waals surface area contributed by atoms with E-state index in [1.165, 1.54) is 19.3 Å². The average Bonchev–Trinajstić information content (AvgIpc) is 2.57. The van der Waals surface area contributed by atoms with E-state index in [9.17, 15) is 9.59 Å². The molecule has 0 unspecified atom stereocenters. The Bertz CT molecular complexity index is 707. The number of anilines is 1. The highest BCUT2D eigenvalue weighted by Crippen LogP contribution is 2.25. The zero-order valence-electron chi connectivity index (χ0n) is 13.9. The highest BCUT2D eigenvalue weighted by molar-refractivity contribution is 6.19. The van der Waals surface area contributed by atoms with Gasteiger partial charge in [0.25, 0.3) is 0 Å². The van der Waals surface area contributed by atoms with E-state index in [4.69, 9.17) is 15.6 Å². The third-order valence-electron chi connectivity index (χ3n) is 3.93. The number of carbonyl (C=O) groups excluding carboxylic acids is 2. The Kier molecular flexibility index (Phi) is 5.76. The van der Waals surface area contributed by atoms with Gasteiger partial charge in [-0.25, -0.2) is 0 Å². The molecule has 1 aromatic carbocycles. The smallest absolute Gasteiger partial charge is 0.202 e. The molecule has 0 bridgehead atoms. The molecule has 0 aliphatic heterocycles. The van der Waals surface area contributed by atoms with Crippen LogP contribution >= 0.6 is 0 Å². The fraction of sp³-hybridized carbons (Fsp3) is 0.333. The van der Waals surface area contributed by atoms with Crippen molar-refractivity contribution in [2.24, 2.45) is 0 Å². The number of ether oxygens (including phenoxy) is 1. The van der Waals surface area contributed by atoms with Gasteiger partial charge in [-0.2, -0.15) is 0 Å². The number of rotatable bonds is 7. The number of hydrogen-bond acceptors (Lipinski definition) is 6. The number of hydrogen-bond donors (Lipinski definition) is 2. The lowest BCUT2D eigenvalue weighted by atomic mass is 9.94. The quantitative estimate of drug-likeness (QED) is 0.574. The van der Waals surface area contributed by atoms with E-state index >= 15 is 0 Å². The Balaban J connectivity index is 2.20. The lowest BCUT2D eigenvalue weighted by Gasteiger charge is -2.25. The third-order valence-corrected chi connectivity index (χ3v) is 3.93. The summed E-state index contributed by atoms with van der Waals surface area (Å²) in [5.74, 6) is 0.123. The van der Waals surface area contributed by atoms with E-state index in [1.807, 2.05) is 6.92 Å². The third kappa shape index (κ3) is 3.83. The van der Waals surface area contributed by atoms with Crippen molar-refractivity contribution in [3.8, 4) is 5.75 Å². The monoisotopic (exact) mass is 330 g/mol. The van der Waals surface area contributed by atoms with Crippen LogP contribution in [0.3, 0.4) is 0 Å². The lowest BCUT2D eigenvalue weighted by Crippen LogP contribution is -2.32. The molecule has 0 saturated heterocycles. The molecular weight excluding hydrogens is 308 g/mol. The lowest BCUT2D eigenvalue weighted by molar-refractivity contribution is -0.116. The number of aliphatic hydroxyl groups excluding tert-OH is 1. The van der Waals surface area contributed by atoms with E-state index in [0.717, 1.165) is 5.56 Å². The van der Waals surface area contributed by atoms with Crippen LogP contribution in [0.5, 0.6) is 5.75 Å². The van der Waals surface area contributed by atoms with Gasteiger partial charge in [-0.1, -0.05) is 6.07 Å². The van der Waals surface area contributed by atoms with Crippen molar-refractivity contribution in [2.75, 3.05) is 32.5 Å². The number of aliphatic hydroxyl groups is 1. The summed E-state index contributed by atoms with van der Waals surface area (Å²) < 4.78 is 5.17. The summed E-state index contributed by atoms with van der Waals surface area (Å²) in [6, 6.07) is 5.28. The first-order valence-electron chi connectivity index (χ1n) is 7.79. The van der Waals surface area contributed by atoms with Gasteiger partial charge in [0.15, 0.2) is 5.78 Å². The van der Waals surface area contributed by atoms with Crippen LogP contribution in [0.15, 0.2) is 41.6 Å². The molecule has 2 rings (SSSR count). The number of carbonyl (C=O) groups is 2. The summed E-state index contributed by atoms with van der Waals surface area (Å²) in [6.07, 6.45) is 3.06. The predicted octanol–water partition coefficient (Wildman–Crippen LogP) is 1.10. The van der Waals surface area contributed by atoms with Gasteiger partial charge in [0.2, 0.25) is 5.78 Å². The molecule has 0 radical (unpaired) electrons. The van der Waals surface area contributed by atoms with E-state index in [1.54, 1.807) is 23.1 Å². The van der Waals surface area contributed by atoms with Gasteiger partial charge in [0.1, 0.15) is 5.75 Å². The first-order valence-corrected chi connectivity index (χ1v) is 7.79. The molecule has 1 aromatic rings. The summed E-state index contributed by atoms with van der Waals surface area (Å²) in [5.41, 5.74) is 7.90. The number of allylic oxidation sites excluding steroid dienone is 3. The van der Waals surface area contributed by atoms with Crippen molar-refractivity contribution < 1.29 is 19.4 Å². The SMILES string of the molecule is CCN(CCO)C1=CC(=O)C(Cc2ccc(N)c(OC)c2)=CC1=O. The second kappa shape index (κ2) is 7.79. The van der Waals surface area contributed by atoms with E-state index < -0.39 is 0 Å². The zero-order valence-corrected chi connectivity index (χ0v) is 13.9. The standard InChI is InChI=1S/C18H22N2O4/c1-3-20(6-7-21)15-11-16(22)13(10-17(15)23)8-12-4-5-14(19)18(9-12)24-2/h4-5,9-11,21H,3,6-8,19H2,1-2H3. The first kappa shape index (κ1) is 17.7. The average molecular weight is 330 g/mol. The van der Waals surface area contributed by atoms with Crippen molar-refractivity contribution in [3.05, 3.63) is 47.2 Å². The molecule has 0 saturated carbocycles. The van der Waals surface area contributed by atoms with Crippen molar-refractivity contribution in [3.63, 3.8) is 0 Å². The number of benzene rings is 1. The minimum Gasteiger partial charge on any atom is -0.495 e. The number of ketones is 2. The highest BCUT2D eigenvalue weighted by atomic mass is 16.5. The van der Waals surface area contributed by atoms with Crippen molar-refractivity contribution >= 4 is 17.3 Å². The molecule has 24 heavy (non-hydrogen) atoms. The van der Waals surface area contributed by atoms with Gasteiger partial charge in [0, 0.05) is 31.2 Å². The van der Waals surface area contributed by atoms with Gasteiger partial charge in [-0.05, 0) is 30.7 Å². The molecule has 0 spiro atoms. The van der Waals surface area contributed by atoms with Crippen LogP contribution in [0.1, 0.15) is 12.5 Å². The normalized spacial score (nSPS) is 14.3. The second-order valence-corrected chi connectivity index (χ2v) is 5.48. The van der Waals surface area contributed by atoms with Crippen LogP contribution in [-0.4, -0.2) is 48.4 Å². The molecule has 3 N–H and O–H groups in total. The first-order chi connectivity index (χ1) is 11.5. The molecular formula is C18H22N2O4. The van der Waals surface area contributed by atoms with Crippen LogP contribution in [0.2, 0.25) is 0 Å². The molecule has 0 aromatic heterocycles. The molecule has 6 heteroatoms. The summed E-state index contributed by atoms with van der Waals surface area (Å²) in [7, 11) is 1.53. The Morgan fingerprint density at radius 1 is 1.21 bits per heavy atom. The number of nitrogens with two attached hydrogens (primary N) is 1. The Morgan fingerprint density at radius 3 is 2.58 bits per heavy atom. The van der Waals surface area contributed by atoms with Gasteiger partial charge in [-0.3, -0.25) is 9.59 Å². The number of nitrogens with zero attached hydrogens (tertiary/aromatic N) is 1. The van der Waals surface area contributed by atoms with Crippen LogP contribution < -0.4 is 10.5 Å². The van der Waals surface area contributed by atoms with Crippen LogP contribution in [0, 0.1) is 0 Å². The summed E-state index contributed by atoms with van der Waals surface area (Å²) in [6.45, 7) is 2.66. The van der Waals surface area contributed by atoms with Crippen molar-refractivity contribution in [1.82, 2.24) is 4.90 Å². The number of nitrogen functional groups attached to an aromatic ring is 1. The Morgan fingerprint density at radius 2 is 1.96 bits per heavy atom. The van der Waals surface area contributed by atoms with Gasteiger partial charge >= 0.3 is 0 Å². The Hall–Kier alpha value is -2.60. The minimum absolute atomic E-state index is 0.0749. The van der Waals surface area contributed by atoms with Crippen LogP contribution in [0.25, 0.3) is 0 Å². The maximum Gasteiger partial charge on any atom is 0.202 e. The topological polar surface area (TPSA) is 92.9 Å². The van der Waals surface area contributed by atoms with Gasteiger partial charge in [-0.15, -0.1) is 0 Å². The predicted molar refractivity (Wildman–Crippen MR) is 91.6 cm³/mol. The molecule has 6 nitrogen and oxygen atoms in total. The van der Waals surface area contributed by atoms with Crippen molar-refractivity contribution in [2.45, 2.75) is 13.3 Å². The number of methoxy groups -OCH3 is 1.